The molecule has 4 rings (SSSR count). The van der Waals surface area contributed by atoms with Crippen LogP contribution in [-0.2, 0) is 9.59 Å². The summed E-state index contributed by atoms with van der Waals surface area (Å²) in [7, 11) is 6.05. The summed E-state index contributed by atoms with van der Waals surface area (Å²) in [6, 6.07) is 19.1. The normalized spacial score (nSPS) is 13.2. The summed E-state index contributed by atoms with van der Waals surface area (Å²) < 4.78 is 21.5. The molecule has 1 aliphatic rings. The number of rotatable bonds is 8. The SMILES string of the molecule is COc1ccc(OC)c(NC2=C(c3ccccc3)C(=O)N(c3cc(OC)ccc3OC)C2=O)c1. The number of methoxy groups -OCH3 is 4. The van der Waals surface area contributed by atoms with Gasteiger partial charge in [0, 0.05) is 12.1 Å². The van der Waals surface area contributed by atoms with Gasteiger partial charge in [-0.2, -0.15) is 0 Å². The van der Waals surface area contributed by atoms with E-state index in [4.69, 9.17) is 18.9 Å². The Bertz CT molecular complexity index is 1270. The molecule has 0 saturated heterocycles. The van der Waals surface area contributed by atoms with E-state index in [0.29, 0.717) is 34.2 Å². The Morgan fingerprint density at radius 3 is 1.91 bits per heavy atom. The lowest BCUT2D eigenvalue weighted by Gasteiger charge is -2.19. The van der Waals surface area contributed by atoms with Crippen LogP contribution in [-0.4, -0.2) is 40.3 Å². The highest BCUT2D eigenvalue weighted by Gasteiger charge is 2.42. The predicted molar refractivity (Wildman–Crippen MR) is 129 cm³/mol. The number of carbonyl (C=O) groups excluding carboxylic acids is 2. The van der Waals surface area contributed by atoms with Gasteiger partial charge in [0.25, 0.3) is 11.8 Å². The fourth-order valence-electron chi connectivity index (χ4n) is 3.76. The van der Waals surface area contributed by atoms with Crippen LogP contribution in [0.15, 0.2) is 72.4 Å². The largest absolute Gasteiger partial charge is 0.497 e. The van der Waals surface area contributed by atoms with Crippen LogP contribution >= 0.6 is 0 Å². The third-order valence-corrected chi connectivity index (χ3v) is 5.44. The third kappa shape index (κ3) is 4.01. The summed E-state index contributed by atoms with van der Waals surface area (Å²) in [6.45, 7) is 0. The Morgan fingerprint density at radius 1 is 0.676 bits per heavy atom. The van der Waals surface area contributed by atoms with E-state index in [0.717, 1.165) is 4.90 Å². The predicted octanol–water partition coefficient (Wildman–Crippen LogP) is 4.12. The van der Waals surface area contributed by atoms with Crippen LogP contribution in [0.2, 0.25) is 0 Å². The number of nitrogens with zero attached hydrogens (tertiary/aromatic N) is 1. The van der Waals surface area contributed by atoms with Crippen molar-refractivity contribution in [1.29, 1.82) is 0 Å². The Labute approximate surface area is 197 Å². The summed E-state index contributed by atoms with van der Waals surface area (Å²) in [5.41, 5.74) is 1.67. The number of amides is 2. The lowest BCUT2D eigenvalue weighted by atomic mass is 10.0. The standard InChI is InChI=1S/C26H24N2O6/c1-31-17-10-12-21(33-3)19(14-17)27-24-23(16-8-6-5-7-9-16)25(29)28(26(24)30)20-15-18(32-2)11-13-22(20)34-4/h5-15,27H,1-4H3. The Kier molecular flexibility index (Phi) is 6.40. The first-order valence-electron chi connectivity index (χ1n) is 10.4. The highest BCUT2D eigenvalue weighted by Crippen LogP contribution is 2.40. The molecular weight excluding hydrogens is 436 g/mol. The maximum Gasteiger partial charge on any atom is 0.282 e. The van der Waals surface area contributed by atoms with Gasteiger partial charge < -0.3 is 24.3 Å². The number of nitrogens with one attached hydrogen (secondary N) is 1. The van der Waals surface area contributed by atoms with Gasteiger partial charge in [-0.3, -0.25) is 9.59 Å². The zero-order valence-electron chi connectivity index (χ0n) is 19.2. The lowest BCUT2D eigenvalue weighted by Crippen LogP contribution is -2.32. The van der Waals surface area contributed by atoms with Crippen molar-refractivity contribution < 1.29 is 28.5 Å². The van der Waals surface area contributed by atoms with Gasteiger partial charge in [-0.05, 0) is 29.8 Å². The monoisotopic (exact) mass is 460 g/mol. The van der Waals surface area contributed by atoms with Gasteiger partial charge >= 0.3 is 0 Å². The summed E-state index contributed by atoms with van der Waals surface area (Å²) >= 11 is 0. The van der Waals surface area contributed by atoms with Crippen molar-refractivity contribution >= 4 is 28.8 Å². The van der Waals surface area contributed by atoms with E-state index in [1.807, 2.05) is 6.07 Å². The van der Waals surface area contributed by atoms with Gasteiger partial charge in [0.05, 0.1) is 45.4 Å². The van der Waals surface area contributed by atoms with Gasteiger partial charge in [-0.15, -0.1) is 0 Å². The molecule has 1 heterocycles. The molecule has 0 aliphatic carbocycles. The van der Waals surface area contributed by atoms with E-state index in [-0.39, 0.29) is 17.0 Å². The van der Waals surface area contributed by atoms with Crippen molar-refractivity contribution in [3.05, 3.63) is 78.0 Å². The van der Waals surface area contributed by atoms with E-state index in [9.17, 15) is 9.59 Å². The van der Waals surface area contributed by atoms with Crippen LogP contribution in [0, 0.1) is 0 Å². The molecule has 3 aromatic carbocycles. The molecule has 0 radical (unpaired) electrons. The maximum atomic E-state index is 13.7. The highest BCUT2D eigenvalue weighted by molar-refractivity contribution is 6.46. The van der Waals surface area contributed by atoms with Gasteiger partial charge in [0.1, 0.15) is 28.7 Å². The molecule has 1 N–H and O–H groups in total. The van der Waals surface area contributed by atoms with Gasteiger partial charge in [0.2, 0.25) is 0 Å². The lowest BCUT2D eigenvalue weighted by molar-refractivity contribution is -0.120. The van der Waals surface area contributed by atoms with Crippen molar-refractivity contribution in [2.75, 3.05) is 38.7 Å². The fraction of sp³-hybridized carbons (Fsp3) is 0.154. The molecule has 0 saturated carbocycles. The quantitative estimate of drug-likeness (QED) is 0.506. The number of hydrogen-bond donors (Lipinski definition) is 1. The number of benzene rings is 3. The van der Waals surface area contributed by atoms with Crippen molar-refractivity contribution in [3.8, 4) is 23.0 Å². The van der Waals surface area contributed by atoms with Crippen LogP contribution in [0.5, 0.6) is 23.0 Å². The van der Waals surface area contributed by atoms with E-state index < -0.39 is 11.8 Å². The van der Waals surface area contributed by atoms with Crippen molar-refractivity contribution in [2.24, 2.45) is 0 Å². The number of ether oxygens (including phenoxy) is 4. The Morgan fingerprint density at radius 2 is 1.29 bits per heavy atom. The minimum absolute atomic E-state index is 0.104. The number of carbonyl (C=O) groups is 2. The van der Waals surface area contributed by atoms with Crippen LogP contribution in [0.4, 0.5) is 11.4 Å². The number of imide groups is 1. The smallest absolute Gasteiger partial charge is 0.282 e. The maximum absolute atomic E-state index is 13.7. The van der Waals surface area contributed by atoms with Gasteiger partial charge in [0.15, 0.2) is 0 Å². The highest BCUT2D eigenvalue weighted by atomic mass is 16.5. The molecule has 0 bridgehead atoms. The number of hydrogen-bond acceptors (Lipinski definition) is 7. The molecule has 8 nitrogen and oxygen atoms in total. The zero-order chi connectivity index (χ0) is 24.2. The molecule has 34 heavy (non-hydrogen) atoms. The first kappa shape index (κ1) is 22.7. The molecule has 8 heteroatoms. The summed E-state index contributed by atoms with van der Waals surface area (Å²) in [5.74, 6) is 0.850. The molecular formula is C26H24N2O6. The minimum Gasteiger partial charge on any atom is -0.497 e. The van der Waals surface area contributed by atoms with Gasteiger partial charge in [-0.25, -0.2) is 4.90 Å². The third-order valence-electron chi connectivity index (χ3n) is 5.44. The molecule has 1 aliphatic heterocycles. The first-order chi connectivity index (χ1) is 16.5. The summed E-state index contributed by atoms with van der Waals surface area (Å²) in [5, 5.41) is 3.12. The summed E-state index contributed by atoms with van der Waals surface area (Å²) in [6.07, 6.45) is 0. The van der Waals surface area contributed by atoms with E-state index >= 15 is 0 Å². The van der Waals surface area contributed by atoms with Crippen molar-refractivity contribution in [1.82, 2.24) is 0 Å². The topological polar surface area (TPSA) is 86.3 Å². The zero-order valence-corrected chi connectivity index (χ0v) is 19.2. The van der Waals surface area contributed by atoms with E-state index in [1.165, 1.54) is 21.3 Å². The molecule has 0 unspecified atom stereocenters. The number of anilines is 2. The Hall–Kier alpha value is -4.46. The van der Waals surface area contributed by atoms with Crippen LogP contribution < -0.4 is 29.2 Å². The second-order valence-electron chi connectivity index (χ2n) is 7.29. The molecule has 0 fully saturated rings. The summed E-state index contributed by atoms with van der Waals surface area (Å²) in [4.78, 5) is 28.5. The second kappa shape index (κ2) is 9.58. The molecule has 174 valence electrons. The second-order valence-corrected chi connectivity index (χ2v) is 7.29. The molecule has 2 amide bonds. The van der Waals surface area contributed by atoms with Crippen molar-refractivity contribution in [3.63, 3.8) is 0 Å². The first-order valence-corrected chi connectivity index (χ1v) is 10.4. The van der Waals surface area contributed by atoms with Crippen LogP contribution in [0.3, 0.4) is 0 Å². The molecule has 0 aromatic heterocycles. The molecule has 0 spiro atoms. The average Bonchev–Trinajstić information content (AvgIpc) is 3.12. The van der Waals surface area contributed by atoms with Crippen LogP contribution in [0.1, 0.15) is 5.56 Å². The van der Waals surface area contributed by atoms with Crippen molar-refractivity contribution in [2.45, 2.75) is 0 Å². The molecule has 3 aromatic rings. The Balaban J connectivity index is 1.87. The van der Waals surface area contributed by atoms with E-state index in [2.05, 4.69) is 5.32 Å². The average molecular weight is 460 g/mol. The van der Waals surface area contributed by atoms with E-state index in [1.54, 1.807) is 67.8 Å². The fourth-order valence-corrected chi connectivity index (χ4v) is 3.76. The van der Waals surface area contributed by atoms with Crippen LogP contribution in [0.25, 0.3) is 5.57 Å². The van der Waals surface area contributed by atoms with Gasteiger partial charge in [-0.1, -0.05) is 30.3 Å². The minimum atomic E-state index is -0.541. The molecule has 0 atom stereocenters.